The first-order valence-electron chi connectivity index (χ1n) is 10.3. The van der Waals surface area contributed by atoms with Crippen molar-refractivity contribution >= 4 is 34.5 Å². The number of carboxylic acids is 1. The molecule has 0 spiro atoms. The maximum atomic E-state index is 13.1. The average Bonchev–Trinajstić information content (AvgIpc) is 3.12. The van der Waals surface area contributed by atoms with E-state index in [0.29, 0.717) is 18.7 Å². The Morgan fingerprint density at radius 2 is 1.88 bits per heavy atom. The number of aryl methyl sites for hydroxylation is 1. The first kappa shape index (κ1) is 24.8. The van der Waals surface area contributed by atoms with Gasteiger partial charge in [0.15, 0.2) is 5.78 Å². The molecule has 2 aromatic rings. The summed E-state index contributed by atoms with van der Waals surface area (Å²) in [6.07, 6.45) is 1.63. The highest BCUT2D eigenvalue weighted by Gasteiger charge is 2.30. The molecule has 0 aliphatic rings. The van der Waals surface area contributed by atoms with Crippen LogP contribution in [0.1, 0.15) is 37.2 Å². The van der Waals surface area contributed by atoms with Gasteiger partial charge in [0.2, 0.25) is 5.91 Å². The summed E-state index contributed by atoms with van der Waals surface area (Å²) >= 11 is 0. The van der Waals surface area contributed by atoms with Crippen molar-refractivity contribution in [2.24, 2.45) is 5.92 Å². The Hall–Kier alpha value is -3.49. The van der Waals surface area contributed by atoms with Gasteiger partial charge in [-0.15, -0.1) is 6.58 Å². The number of alkyl halides is 1. The zero-order valence-corrected chi connectivity index (χ0v) is 18.1. The quantitative estimate of drug-likeness (QED) is 0.434. The summed E-state index contributed by atoms with van der Waals surface area (Å²) < 4.78 is 14.6. The number of ketones is 1. The fraction of sp³-hybridized carbons (Fsp3) is 0.391. The molecule has 0 fully saturated rings. The van der Waals surface area contributed by atoms with E-state index in [0.717, 1.165) is 10.9 Å². The summed E-state index contributed by atoms with van der Waals surface area (Å²) in [6, 6.07) is 6.64. The van der Waals surface area contributed by atoms with Gasteiger partial charge < -0.3 is 20.3 Å². The first-order valence-corrected chi connectivity index (χ1v) is 10.3. The summed E-state index contributed by atoms with van der Waals surface area (Å²) in [5.74, 6) is -4.02. The standard InChI is InChI=1S/C23H28FN3O5/c1-4-5-10-27-17-9-7-6-8-15(17)11-18(27)22(31)26-21(14(2)3)23(32)25-16(12-20(29)30)19(28)13-24/h4,6-9,11,14,16,21H,1,5,10,12-13H2,2-3H3,(H,25,32)(H,26,31)(H,29,30)/t16?,21-/m0/s1. The van der Waals surface area contributed by atoms with Crippen LogP contribution in [0.15, 0.2) is 43.0 Å². The molecule has 8 nitrogen and oxygen atoms in total. The molecule has 2 amide bonds. The second kappa shape index (κ2) is 11.2. The van der Waals surface area contributed by atoms with Gasteiger partial charge in [-0.2, -0.15) is 0 Å². The van der Waals surface area contributed by atoms with Crippen LogP contribution < -0.4 is 10.6 Å². The monoisotopic (exact) mass is 445 g/mol. The van der Waals surface area contributed by atoms with E-state index in [9.17, 15) is 23.6 Å². The van der Waals surface area contributed by atoms with Crippen LogP contribution in [-0.2, 0) is 20.9 Å². The van der Waals surface area contributed by atoms with Crippen LogP contribution in [0.25, 0.3) is 10.9 Å². The number of benzene rings is 1. The second-order valence-electron chi connectivity index (χ2n) is 7.77. The number of carbonyl (C=O) groups excluding carboxylic acids is 3. The average molecular weight is 445 g/mol. The molecule has 2 atom stereocenters. The van der Waals surface area contributed by atoms with Gasteiger partial charge in [-0.25, -0.2) is 4.39 Å². The number of allylic oxidation sites excluding steroid dienone is 1. The van der Waals surface area contributed by atoms with E-state index in [-0.39, 0.29) is 5.92 Å². The number of rotatable bonds is 12. The number of amides is 2. The van der Waals surface area contributed by atoms with Gasteiger partial charge in [0.1, 0.15) is 24.5 Å². The van der Waals surface area contributed by atoms with Gasteiger partial charge in [-0.1, -0.05) is 38.1 Å². The summed E-state index contributed by atoms with van der Waals surface area (Å²) in [4.78, 5) is 48.6. The second-order valence-corrected chi connectivity index (χ2v) is 7.77. The number of carbonyl (C=O) groups is 4. The minimum atomic E-state index is -1.51. The Bertz CT molecular complexity index is 1010. The van der Waals surface area contributed by atoms with Crippen LogP contribution >= 0.6 is 0 Å². The predicted octanol–water partition coefficient (Wildman–Crippen LogP) is 2.47. The topological polar surface area (TPSA) is 118 Å². The molecule has 2 rings (SSSR count). The minimum absolute atomic E-state index is 0.355. The third-order valence-corrected chi connectivity index (χ3v) is 5.05. The highest BCUT2D eigenvalue weighted by Crippen LogP contribution is 2.21. The van der Waals surface area contributed by atoms with E-state index >= 15 is 0 Å². The molecule has 1 heterocycles. The molecule has 32 heavy (non-hydrogen) atoms. The van der Waals surface area contributed by atoms with Gasteiger partial charge in [0, 0.05) is 17.4 Å². The van der Waals surface area contributed by atoms with Crippen LogP contribution in [0.4, 0.5) is 4.39 Å². The maximum Gasteiger partial charge on any atom is 0.305 e. The Labute approximate surface area is 185 Å². The van der Waals surface area contributed by atoms with E-state index in [2.05, 4.69) is 17.2 Å². The van der Waals surface area contributed by atoms with Gasteiger partial charge in [-0.05, 0) is 24.5 Å². The van der Waals surface area contributed by atoms with E-state index in [4.69, 9.17) is 5.11 Å². The lowest BCUT2D eigenvalue weighted by Gasteiger charge is -2.24. The van der Waals surface area contributed by atoms with E-state index in [1.165, 1.54) is 0 Å². The number of hydrogen-bond donors (Lipinski definition) is 3. The van der Waals surface area contributed by atoms with Crippen LogP contribution in [0.5, 0.6) is 0 Å². The SMILES string of the molecule is C=CCCn1c(C(=O)N[C@H](C(=O)NC(CC(=O)O)C(=O)CF)C(C)C)cc2ccccc21. The molecule has 1 aromatic heterocycles. The lowest BCUT2D eigenvalue weighted by molar-refractivity contribution is -0.140. The van der Waals surface area contributed by atoms with Gasteiger partial charge >= 0.3 is 5.97 Å². The van der Waals surface area contributed by atoms with Crippen LogP contribution in [-0.4, -0.2) is 52.0 Å². The summed E-state index contributed by atoms with van der Waals surface area (Å²) in [7, 11) is 0. The highest BCUT2D eigenvalue weighted by molar-refractivity contribution is 6.01. The number of nitrogens with zero attached hydrogens (tertiary/aromatic N) is 1. The van der Waals surface area contributed by atoms with E-state index < -0.39 is 48.7 Å². The van der Waals surface area contributed by atoms with Crippen molar-refractivity contribution in [1.29, 1.82) is 0 Å². The lowest BCUT2D eigenvalue weighted by Crippen LogP contribution is -2.54. The number of aliphatic carboxylic acids is 1. The molecule has 172 valence electrons. The van der Waals surface area contributed by atoms with Gasteiger partial charge in [-0.3, -0.25) is 19.2 Å². The third kappa shape index (κ3) is 6.03. The first-order chi connectivity index (χ1) is 15.2. The van der Waals surface area contributed by atoms with Crippen molar-refractivity contribution in [3.8, 4) is 0 Å². The smallest absolute Gasteiger partial charge is 0.305 e. The number of carboxylic acid groups (broad SMARTS) is 1. The number of Topliss-reactive ketones (excluding diaryl/α,β-unsaturated/α-hetero) is 1. The Morgan fingerprint density at radius 1 is 1.19 bits per heavy atom. The molecular formula is C23H28FN3O5. The Morgan fingerprint density at radius 3 is 2.47 bits per heavy atom. The van der Waals surface area contributed by atoms with Crippen LogP contribution in [0.3, 0.4) is 0 Å². The van der Waals surface area contributed by atoms with Crippen molar-refractivity contribution in [1.82, 2.24) is 15.2 Å². The molecule has 0 aliphatic carbocycles. The summed E-state index contributed by atoms with van der Waals surface area (Å²) in [6.45, 7) is 6.22. The number of nitrogens with one attached hydrogen (secondary N) is 2. The molecule has 3 N–H and O–H groups in total. The summed E-state index contributed by atoms with van der Waals surface area (Å²) in [5.41, 5.74) is 1.22. The minimum Gasteiger partial charge on any atom is -0.481 e. The number of halogens is 1. The van der Waals surface area contributed by atoms with Crippen LogP contribution in [0.2, 0.25) is 0 Å². The number of para-hydroxylation sites is 1. The van der Waals surface area contributed by atoms with Crippen LogP contribution in [0, 0.1) is 5.92 Å². The highest BCUT2D eigenvalue weighted by atomic mass is 19.1. The molecule has 0 saturated heterocycles. The number of fused-ring (bicyclic) bond motifs is 1. The van der Waals surface area contributed by atoms with Crippen molar-refractivity contribution < 1.29 is 28.7 Å². The Balaban J connectivity index is 2.28. The normalized spacial score (nSPS) is 12.9. The number of aromatic nitrogens is 1. The van der Waals surface area contributed by atoms with Crippen molar-refractivity contribution in [2.75, 3.05) is 6.67 Å². The fourth-order valence-electron chi connectivity index (χ4n) is 3.38. The molecule has 0 bridgehead atoms. The molecule has 0 radical (unpaired) electrons. The molecular weight excluding hydrogens is 417 g/mol. The molecule has 9 heteroatoms. The molecule has 1 aromatic carbocycles. The van der Waals surface area contributed by atoms with Gasteiger partial charge in [0.25, 0.3) is 5.91 Å². The lowest BCUT2D eigenvalue weighted by atomic mass is 10.0. The predicted molar refractivity (Wildman–Crippen MR) is 118 cm³/mol. The molecule has 0 saturated carbocycles. The molecule has 0 aliphatic heterocycles. The van der Waals surface area contributed by atoms with E-state index in [1.54, 1.807) is 26.0 Å². The third-order valence-electron chi connectivity index (χ3n) is 5.05. The Kier molecular flexibility index (Phi) is 8.69. The van der Waals surface area contributed by atoms with Gasteiger partial charge in [0.05, 0.1) is 6.42 Å². The fourth-order valence-corrected chi connectivity index (χ4v) is 3.38. The van der Waals surface area contributed by atoms with Crippen molar-refractivity contribution in [3.63, 3.8) is 0 Å². The van der Waals surface area contributed by atoms with Crippen molar-refractivity contribution in [2.45, 2.75) is 45.3 Å². The zero-order valence-electron chi connectivity index (χ0n) is 18.1. The maximum absolute atomic E-state index is 13.1. The zero-order chi connectivity index (χ0) is 23.8. The largest absolute Gasteiger partial charge is 0.481 e. The van der Waals surface area contributed by atoms with E-state index in [1.807, 2.05) is 28.8 Å². The summed E-state index contributed by atoms with van der Waals surface area (Å²) in [5, 5.41) is 14.8. The molecule has 1 unspecified atom stereocenters. The van der Waals surface area contributed by atoms with Crippen molar-refractivity contribution in [3.05, 3.63) is 48.7 Å². The number of hydrogen-bond acceptors (Lipinski definition) is 4.